The number of phenols is 1. The Morgan fingerprint density at radius 3 is 1.89 bits per heavy atom. The molecule has 5 nitrogen and oxygen atoms in total. The molecule has 0 spiro atoms. The molecule has 0 saturated carbocycles. The first-order valence-electron chi connectivity index (χ1n) is 24.9. The van der Waals surface area contributed by atoms with Gasteiger partial charge in [0.05, 0.1) is 22.3 Å². The van der Waals surface area contributed by atoms with Gasteiger partial charge in [-0.05, 0) is 103 Å². The van der Waals surface area contributed by atoms with E-state index in [0.29, 0.717) is 11.4 Å². The number of rotatable bonds is 7. The van der Waals surface area contributed by atoms with Crippen molar-refractivity contribution in [1.29, 1.82) is 0 Å². The first-order valence-corrected chi connectivity index (χ1v) is 24.9. The first kappa shape index (κ1) is 51.3. The van der Waals surface area contributed by atoms with Crippen molar-refractivity contribution in [1.82, 2.24) is 14.5 Å². The molecule has 6 heteroatoms. The summed E-state index contributed by atoms with van der Waals surface area (Å²) < 4.78 is 8.66. The van der Waals surface area contributed by atoms with E-state index in [2.05, 4.69) is 242 Å². The van der Waals surface area contributed by atoms with E-state index in [1.807, 2.05) is 6.20 Å². The molecule has 368 valence electrons. The molecule has 9 aromatic rings. The van der Waals surface area contributed by atoms with Crippen LogP contribution in [-0.4, -0.2) is 19.6 Å². The van der Waals surface area contributed by atoms with Crippen LogP contribution in [0, 0.1) is 11.5 Å². The number of furan rings is 1. The second-order valence-corrected chi connectivity index (χ2v) is 24.8. The topological polar surface area (TPSA) is 64.1 Å². The molecule has 0 saturated heterocycles. The zero-order valence-electron chi connectivity index (χ0n) is 44.4. The molecule has 1 N–H and O–H groups in total. The normalized spacial score (nSPS) is 12.7. The number of hydrogen-bond donors (Lipinski definition) is 1. The Morgan fingerprint density at radius 1 is 0.563 bits per heavy atom. The van der Waals surface area contributed by atoms with E-state index in [1.165, 1.54) is 11.1 Å². The molecule has 71 heavy (non-hydrogen) atoms. The van der Waals surface area contributed by atoms with Gasteiger partial charge in [-0.15, -0.1) is 29.3 Å². The van der Waals surface area contributed by atoms with Crippen LogP contribution in [0.4, 0.5) is 0 Å². The van der Waals surface area contributed by atoms with E-state index in [4.69, 9.17) is 14.4 Å². The molecule has 0 radical (unpaired) electrons. The predicted octanol–water partition coefficient (Wildman–Crippen LogP) is 17.8. The summed E-state index contributed by atoms with van der Waals surface area (Å²) >= 11 is 0. The van der Waals surface area contributed by atoms with Crippen LogP contribution in [-0.2, 0) is 49.1 Å². The van der Waals surface area contributed by atoms with Crippen LogP contribution >= 0.6 is 0 Å². The van der Waals surface area contributed by atoms with Gasteiger partial charge in [0.2, 0.25) is 0 Å². The summed E-state index contributed by atoms with van der Waals surface area (Å²) in [5.74, 6) is 2.78. The van der Waals surface area contributed by atoms with Gasteiger partial charge in [-0.1, -0.05) is 182 Å². The number of pyridine rings is 1. The van der Waals surface area contributed by atoms with Crippen molar-refractivity contribution < 1.29 is 30.6 Å². The van der Waals surface area contributed by atoms with Gasteiger partial charge in [-0.2, -0.15) is 0 Å². The summed E-state index contributed by atoms with van der Waals surface area (Å²) in [5.41, 5.74) is 14.1. The van der Waals surface area contributed by atoms with Crippen molar-refractivity contribution in [2.75, 3.05) is 0 Å². The molecule has 3 aromatic heterocycles. The van der Waals surface area contributed by atoms with Gasteiger partial charge in [0, 0.05) is 56.1 Å². The average Bonchev–Trinajstić information content (AvgIpc) is 3.91. The number of fused-ring (bicyclic) bond motifs is 2. The zero-order chi connectivity index (χ0) is 50.3. The molecule has 0 aliphatic heterocycles. The smallest absolute Gasteiger partial charge is 0.148 e. The fourth-order valence-electron chi connectivity index (χ4n) is 9.57. The number of aromatic nitrogens is 3. The van der Waals surface area contributed by atoms with Crippen molar-refractivity contribution in [3.05, 3.63) is 168 Å². The largest absolute Gasteiger partial charge is 0.507 e. The van der Waals surface area contributed by atoms with Gasteiger partial charge in [-0.25, -0.2) is 4.98 Å². The third-order valence-electron chi connectivity index (χ3n) is 13.6. The molecule has 0 aliphatic rings. The third kappa shape index (κ3) is 10.4. The van der Waals surface area contributed by atoms with E-state index in [9.17, 15) is 5.11 Å². The number of phenolic OH excluding ortho intramolecular Hbond substituents is 1. The van der Waals surface area contributed by atoms with Crippen LogP contribution in [0.15, 0.2) is 138 Å². The first-order chi connectivity index (χ1) is 32.7. The summed E-state index contributed by atoms with van der Waals surface area (Å²) in [7, 11) is 0. The van der Waals surface area contributed by atoms with E-state index in [0.717, 1.165) is 95.6 Å². The number of aromatic hydroxyl groups is 1. The number of benzene rings is 6. The number of imidazole rings is 1. The van der Waals surface area contributed by atoms with Crippen molar-refractivity contribution in [2.45, 2.75) is 132 Å². The Bertz CT molecular complexity index is 3430. The molecule has 6 aromatic carbocycles. The van der Waals surface area contributed by atoms with E-state index in [1.54, 1.807) is 0 Å². The summed E-state index contributed by atoms with van der Waals surface area (Å²) in [6, 6.07) is 49.5. The Kier molecular flexibility index (Phi) is 13.4. The molecule has 0 atom stereocenters. The second kappa shape index (κ2) is 18.5. The minimum atomic E-state index is -0.337. The van der Waals surface area contributed by atoms with Gasteiger partial charge in [-0.3, -0.25) is 9.55 Å². The predicted molar refractivity (Wildman–Crippen MR) is 294 cm³/mol. The van der Waals surface area contributed by atoms with Crippen molar-refractivity contribution >= 4 is 21.8 Å². The van der Waals surface area contributed by atoms with Crippen LogP contribution in [0.5, 0.6) is 5.75 Å². The fourth-order valence-corrected chi connectivity index (χ4v) is 9.57. The average molecular weight is 1120 g/mol. The molecular formula is C65H70N3O2Pt-. The maximum atomic E-state index is 12.6. The SMILES string of the molecule is CC(C)(C)Cc1ccc(-c2ccc3c(-c4[c-]c(-c5cccc6c5nc(-c5cc(C(C)(C)C)cc(C(C)(C)C)c5O)n6-c5ccc(C(C)(C)C)cc5-c5ccccc5)cc(C(C)(C)C)c4)nccc3c2)o1.[Pt]. The van der Waals surface area contributed by atoms with Crippen molar-refractivity contribution in [3.8, 4) is 67.7 Å². The van der Waals surface area contributed by atoms with Gasteiger partial charge < -0.3 is 9.52 Å². The van der Waals surface area contributed by atoms with Crippen LogP contribution in [0.2, 0.25) is 0 Å². The van der Waals surface area contributed by atoms with Crippen molar-refractivity contribution in [2.24, 2.45) is 5.41 Å². The second-order valence-electron chi connectivity index (χ2n) is 24.8. The minimum Gasteiger partial charge on any atom is -0.507 e. The van der Waals surface area contributed by atoms with Crippen LogP contribution in [0.1, 0.15) is 132 Å². The maximum Gasteiger partial charge on any atom is 0.148 e. The molecule has 0 bridgehead atoms. The van der Waals surface area contributed by atoms with E-state index in [-0.39, 0.29) is 53.9 Å². The third-order valence-corrected chi connectivity index (χ3v) is 13.6. The zero-order valence-corrected chi connectivity index (χ0v) is 46.7. The fraction of sp³-hybridized carbons (Fsp3) is 0.323. The summed E-state index contributed by atoms with van der Waals surface area (Å²) in [5, 5.41) is 14.7. The summed E-state index contributed by atoms with van der Waals surface area (Å²) in [6.45, 7) is 33.5. The van der Waals surface area contributed by atoms with Crippen molar-refractivity contribution in [3.63, 3.8) is 0 Å². The van der Waals surface area contributed by atoms with Crippen LogP contribution < -0.4 is 0 Å². The van der Waals surface area contributed by atoms with Gasteiger partial charge in [0.25, 0.3) is 0 Å². The molecule has 0 fully saturated rings. The number of hydrogen-bond acceptors (Lipinski definition) is 4. The number of nitrogens with zero attached hydrogens (tertiary/aromatic N) is 3. The van der Waals surface area contributed by atoms with Gasteiger partial charge >= 0.3 is 0 Å². The Hall–Kier alpha value is -6.03. The molecule has 3 heterocycles. The van der Waals surface area contributed by atoms with Crippen LogP contribution in [0.25, 0.3) is 83.7 Å². The van der Waals surface area contributed by atoms with Gasteiger partial charge in [0.1, 0.15) is 23.1 Å². The number of para-hydroxylation sites is 1. The molecule has 0 aliphatic carbocycles. The summed E-state index contributed by atoms with van der Waals surface area (Å²) in [6.07, 6.45) is 2.77. The molecular weight excluding hydrogens is 1050 g/mol. The Morgan fingerprint density at radius 2 is 1.23 bits per heavy atom. The molecule has 0 unspecified atom stereocenters. The Balaban J connectivity index is 0.00000676. The minimum absolute atomic E-state index is 0. The standard InChI is InChI=1S/C65H70N3O2.Pt/c1-61(2,3)39-48-26-29-56(70-48)42-24-27-50-41(32-42)30-31-66-57(50)44-33-43(34-46(35-44)63(7,8)9)49-22-19-23-55-58(49)67-60(52-37-47(64(10,11)12)38-53(59(52)69)65(13,14)15)68(55)54-28-25-45(62(4,5)6)36-51(54)40-20-17-16-18-21-40;/h16-32,34-38,69H,39H2,1-15H3;/q-1;. The molecule has 0 amide bonds. The summed E-state index contributed by atoms with van der Waals surface area (Å²) in [4.78, 5) is 10.8. The quantitative estimate of drug-likeness (QED) is 0.162. The van der Waals surface area contributed by atoms with Crippen LogP contribution in [0.3, 0.4) is 0 Å². The maximum absolute atomic E-state index is 12.6. The van der Waals surface area contributed by atoms with E-state index >= 15 is 0 Å². The molecule has 9 rings (SSSR count). The van der Waals surface area contributed by atoms with Gasteiger partial charge in [0.15, 0.2) is 0 Å². The van der Waals surface area contributed by atoms with E-state index < -0.39 is 0 Å². The monoisotopic (exact) mass is 1120 g/mol. The Labute approximate surface area is 437 Å².